The average Bonchev–Trinajstić information content (AvgIpc) is 2.52. The summed E-state index contributed by atoms with van der Waals surface area (Å²) < 4.78 is 6.12. The van der Waals surface area contributed by atoms with Gasteiger partial charge in [-0.1, -0.05) is 42.0 Å². The average molecular weight is 300 g/mol. The summed E-state index contributed by atoms with van der Waals surface area (Å²) in [4.78, 5) is 1.21. The molecule has 4 heteroatoms. The van der Waals surface area contributed by atoms with Gasteiger partial charge in [-0.05, 0) is 31.0 Å². The van der Waals surface area contributed by atoms with E-state index < -0.39 is 0 Å². The Kier molecular flexibility index (Phi) is 4.48. The van der Waals surface area contributed by atoms with Crippen LogP contribution in [0.4, 0.5) is 0 Å². The molecule has 0 aromatic heterocycles. The predicted molar refractivity (Wildman–Crippen MR) is 87.6 cm³/mol. The van der Waals surface area contributed by atoms with Gasteiger partial charge in [-0.15, -0.1) is 11.8 Å². The summed E-state index contributed by atoms with van der Waals surface area (Å²) in [6, 6.07) is 16.8. The van der Waals surface area contributed by atoms with Crippen LogP contribution in [0.15, 0.2) is 53.4 Å². The van der Waals surface area contributed by atoms with Crippen molar-refractivity contribution in [1.82, 2.24) is 5.43 Å². The van der Waals surface area contributed by atoms with Gasteiger partial charge < -0.3 is 4.74 Å². The highest BCUT2D eigenvalue weighted by atomic mass is 32.2. The van der Waals surface area contributed by atoms with E-state index in [-0.39, 0.29) is 12.1 Å². The fourth-order valence-electron chi connectivity index (χ4n) is 2.62. The first-order valence-electron chi connectivity index (χ1n) is 7.16. The van der Waals surface area contributed by atoms with E-state index in [0.29, 0.717) is 0 Å². The van der Waals surface area contributed by atoms with Crippen LogP contribution in [0.2, 0.25) is 0 Å². The second-order valence-electron chi connectivity index (χ2n) is 5.38. The van der Waals surface area contributed by atoms with Gasteiger partial charge in [-0.25, -0.2) is 0 Å². The summed E-state index contributed by atoms with van der Waals surface area (Å²) in [5, 5.41) is 0. The number of rotatable bonds is 4. The molecule has 2 unspecified atom stereocenters. The highest BCUT2D eigenvalue weighted by Crippen LogP contribution is 2.35. The van der Waals surface area contributed by atoms with Crippen molar-refractivity contribution in [3.63, 3.8) is 0 Å². The molecule has 2 atom stereocenters. The van der Waals surface area contributed by atoms with Crippen molar-refractivity contribution >= 4 is 11.8 Å². The number of fused-ring (bicyclic) bond motifs is 1. The molecule has 2 aromatic rings. The summed E-state index contributed by atoms with van der Waals surface area (Å²) in [6.45, 7) is 2.11. The Morgan fingerprint density at radius 3 is 2.95 bits per heavy atom. The lowest BCUT2D eigenvalue weighted by molar-refractivity contribution is 0.165. The maximum atomic E-state index is 6.12. The van der Waals surface area contributed by atoms with E-state index in [1.807, 2.05) is 30.0 Å². The van der Waals surface area contributed by atoms with Crippen molar-refractivity contribution in [3.8, 4) is 5.75 Å². The maximum Gasteiger partial charge on any atom is 0.133 e. The summed E-state index contributed by atoms with van der Waals surface area (Å²) in [7, 11) is 0. The van der Waals surface area contributed by atoms with Crippen molar-refractivity contribution in [2.75, 3.05) is 5.75 Å². The third kappa shape index (κ3) is 3.40. The van der Waals surface area contributed by atoms with Gasteiger partial charge in [0.05, 0.1) is 6.04 Å². The Morgan fingerprint density at radius 1 is 1.29 bits per heavy atom. The van der Waals surface area contributed by atoms with E-state index in [2.05, 4.69) is 42.7 Å². The molecule has 110 valence electrons. The zero-order chi connectivity index (χ0) is 14.7. The molecule has 1 aliphatic heterocycles. The molecule has 0 amide bonds. The SMILES string of the molecule is Cc1cccc(CC(NN)C2CSc3ccccc3O2)c1. The van der Waals surface area contributed by atoms with Crippen molar-refractivity contribution in [2.45, 2.75) is 30.4 Å². The number of hydrogen-bond donors (Lipinski definition) is 2. The van der Waals surface area contributed by atoms with Gasteiger partial charge in [0.25, 0.3) is 0 Å². The van der Waals surface area contributed by atoms with E-state index in [4.69, 9.17) is 10.6 Å². The van der Waals surface area contributed by atoms with Crippen LogP contribution in [0.3, 0.4) is 0 Å². The summed E-state index contributed by atoms with van der Waals surface area (Å²) in [6.07, 6.45) is 0.946. The highest BCUT2D eigenvalue weighted by Gasteiger charge is 2.27. The Bertz CT molecular complexity index is 617. The maximum absolute atomic E-state index is 6.12. The summed E-state index contributed by atoms with van der Waals surface area (Å²) in [5.41, 5.74) is 5.49. The number of aryl methyl sites for hydroxylation is 1. The molecule has 1 aliphatic rings. The van der Waals surface area contributed by atoms with Gasteiger partial charge in [0, 0.05) is 10.6 Å². The third-order valence-corrected chi connectivity index (χ3v) is 4.88. The number of benzene rings is 2. The molecule has 0 fully saturated rings. The topological polar surface area (TPSA) is 47.3 Å². The minimum absolute atomic E-state index is 0.0791. The minimum Gasteiger partial charge on any atom is -0.487 e. The molecule has 1 heterocycles. The van der Waals surface area contributed by atoms with Gasteiger partial charge in [-0.3, -0.25) is 11.3 Å². The molecule has 0 saturated heterocycles. The number of nitrogens with one attached hydrogen (secondary N) is 1. The van der Waals surface area contributed by atoms with Crippen LogP contribution in [0.1, 0.15) is 11.1 Å². The molecule has 21 heavy (non-hydrogen) atoms. The molecule has 0 bridgehead atoms. The quantitative estimate of drug-likeness (QED) is 0.673. The number of nitrogens with two attached hydrogens (primary N) is 1. The Hall–Kier alpha value is -1.49. The Balaban J connectivity index is 1.73. The predicted octanol–water partition coefficient (Wildman–Crippen LogP) is 2.92. The number of hydrogen-bond acceptors (Lipinski definition) is 4. The molecule has 0 spiro atoms. The second kappa shape index (κ2) is 6.52. The van der Waals surface area contributed by atoms with Gasteiger partial charge in [-0.2, -0.15) is 0 Å². The normalized spacial score (nSPS) is 18.7. The number of hydrazine groups is 1. The molecule has 3 nitrogen and oxygen atoms in total. The van der Waals surface area contributed by atoms with Crippen molar-refractivity contribution in [2.24, 2.45) is 5.84 Å². The minimum atomic E-state index is 0.0791. The van der Waals surface area contributed by atoms with Crippen LogP contribution in [0, 0.1) is 6.92 Å². The first-order valence-corrected chi connectivity index (χ1v) is 8.15. The van der Waals surface area contributed by atoms with E-state index in [9.17, 15) is 0 Å². The lowest BCUT2D eigenvalue weighted by Gasteiger charge is -2.31. The molecule has 0 saturated carbocycles. The van der Waals surface area contributed by atoms with Gasteiger partial charge in [0.15, 0.2) is 0 Å². The van der Waals surface area contributed by atoms with Crippen molar-refractivity contribution in [1.29, 1.82) is 0 Å². The zero-order valence-electron chi connectivity index (χ0n) is 12.1. The zero-order valence-corrected chi connectivity index (χ0v) is 12.9. The van der Waals surface area contributed by atoms with Gasteiger partial charge >= 0.3 is 0 Å². The standard InChI is InChI=1S/C17H20N2OS/c1-12-5-4-6-13(9-12)10-14(19-18)16-11-21-17-8-3-2-7-15(17)20-16/h2-9,14,16,19H,10-11,18H2,1H3. The fraction of sp³-hybridized carbons (Fsp3) is 0.294. The molecular formula is C17H20N2OS. The monoisotopic (exact) mass is 300 g/mol. The second-order valence-corrected chi connectivity index (χ2v) is 6.44. The van der Waals surface area contributed by atoms with Crippen LogP contribution in [-0.4, -0.2) is 17.9 Å². The lowest BCUT2D eigenvalue weighted by Crippen LogP contribution is -2.50. The Labute approximate surface area is 129 Å². The Morgan fingerprint density at radius 2 is 2.14 bits per heavy atom. The molecule has 0 aliphatic carbocycles. The van der Waals surface area contributed by atoms with Gasteiger partial charge in [0.2, 0.25) is 0 Å². The third-order valence-electron chi connectivity index (χ3n) is 3.73. The highest BCUT2D eigenvalue weighted by molar-refractivity contribution is 7.99. The van der Waals surface area contributed by atoms with Gasteiger partial charge in [0.1, 0.15) is 11.9 Å². The molecule has 0 radical (unpaired) electrons. The smallest absolute Gasteiger partial charge is 0.133 e. The first-order chi connectivity index (χ1) is 10.3. The summed E-state index contributed by atoms with van der Waals surface area (Å²) >= 11 is 1.83. The van der Waals surface area contributed by atoms with Crippen LogP contribution in [0.5, 0.6) is 5.75 Å². The van der Waals surface area contributed by atoms with E-state index in [1.165, 1.54) is 16.0 Å². The van der Waals surface area contributed by atoms with Crippen LogP contribution >= 0.6 is 11.8 Å². The van der Waals surface area contributed by atoms with Crippen LogP contribution in [-0.2, 0) is 6.42 Å². The lowest BCUT2D eigenvalue weighted by atomic mass is 10.0. The number of para-hydroxylation sites is 1. The largest absolute Gasteiger partial charge is 0.487 e. The van der Waals surface area contributed by atoms with E-state index >= 15 is 0 Å². The molecule has 2 aromatic carbocycles. The van der Waals surface area contributed by atoms with Crippen molar-refractivity contribution < 1.29 is 4.74 Å². The molecule has 3 rings (SSSR count). The van der Waals surface area contributed by atoms with E-state index in [0.717, 1.165) is 17.9 Å². The summed E-state index contributed by atoms with van der Waals surface area (Å²) in [5.74, 6) is 7.65. The van der Waals surface area contributed by atoms with Crippen LogP contribution in [0.25, 0.3) is 0 Å². The molecule has 3 N–H and O–H groups in total. The van der Waals surface area contributed by atoms with Crippen LogP contribution < -0.4 is 16.0 Å². The fourth-order valence-corrected chi connectivity index (χ4v) is 3.70. The number of thioether (sulfide) groups is 1. The first kappa shape index (κ1) is 14.4. The number of ether oxygens (including phenoxy) is 1. The van der Waals surface area contributed by atoms with E-state index in [1.54, 1.807) is 0 Å². The van der Waals surface area contributed by atoms with Crippen molar-refractivity contribution in [3.05, 3.63) is 59.7 Å². The molecular weight excluding hydrogens is 280 g/mol.